The lowest BCUT2D eigenvalue weighted by Crippen LogP contribution is -2.42. The minimum absolute atomic E-state index is 0.0449. The maximum absolute atomic E-state index is 12.5. The lowest BCUT2D eigenvalue weighted by molar-refractivity contribution is -0.132. The maximum Gasteiger partial charge on any atom is 0.222 e. The van der Waals surface area contributed by atoms with Gasteiger partial charge in [0.2, 0.25) is 5.91 Å². The summed E-state index contributed by atoms with van der Waals surface area (Å²) in [6.07, 6.45) is 3.04. The van der Waals surface area contributed by atoms with Crippen molar-refractivity contribution >= 4 is 34.4 Å². The fraction of sp³-hybridized carbons (Fsp3) is 0.471. The molecule has 4 nitrogen and oxygen atoms in total. The lowest BCUT2D eigenvalue weighted by Gasteiger charge is -2.32. The number of thiazole rings is 1. The van der Waals surface area contributed by atoms with Gasteiger partial charge in [0.1, 0.15) is 0 Å². The van der Waals surface area contributed by atoms with E-state index in [-0.39, 0.29) is 17.6 Å². The number of hydrogen-bond donors (Lipinski definition) is 0. The van der Waals surface area contributed by atoms with E-state index in [9.17, 15) is 9.59 Å². The van der Waals surface area contributed by atoms with Crippen LogP contribution >= 0.6 is 22.7 Å². The van der Waals surface area contributed by atoms with Gasteiger partial charge >= 0.3 is 0 Å². The number of thiophene rings is 1. The minimum atomic E-state index is -0.0449. The Balaban J connectivity index is 1.56. The molecule has 0 spiro atoms. The molecule has 2 aromatic rings. The first-order valence-electron chi connectivity index (χ1n) is 7.89. The number of aromatic nitrogens is 1. The number of piperidine rings is 1. The van der Waals surface area contributed by atoms with E-state index in [0.29, 0.717) is 13.0 Å². The number of carbonyl (C=O) groups excluding carboxylic acids is 2. The van der Waals surface area contributed by atoms with E-state index >= 15 is 0 Å². The van der Waals surface area contributed by atoms with Crippen molar-refractivity contribution < 1.29 is 9.59 Å². The van der Waals surface area contributed by atoms with Crippen molar-refractivity contribution in [3.8, 4) is 0 Å². The number of carbonyl (C=O) groups is 2. The predicted molar refractivity (Wildman–Crippen MR) is 93.1 cm³/mol. The van der Waals surface area contributed by atoms with Gasteiger partial charge in [0, 0.05) is 30.3 Å². The van der Waals surface area contributed by atoms with Crippen LogP contribution in [0.15, 0.2) is 23.0 Å². The van der Waals surface area contributed by atoms with Crippen LogP contribution in [-0.2, 0) is 11.2 Å². The highest BCUT2D eigenvalue weighted by molar-refractivity contribution is 7.12. The largest absolute Gasteiger partial charge is 0.342 e. The monoisotopic (exact) mass is 348 g/mol. The zero-order valence-corrected chi connectivity index (χ0v) is 14.8. The molecule has 23 heavy (non-hydrogen) atoms. The molecule has 2 aromatic heterocycles. The third kappa shape index (κ3) is 3.87. The van der Waals surface area contributed by atoms with Crippen LogP contribution < -0.4 is 0 Å². The summed E-state index contributed by atoms with van der Waals surface area (Å²) in [7, 11) is 0. The van der Waals surface area contributed by atoms with Gasteiger partial charge in [-0.05, 0) is 37.6 Å². The van der Waals surface area contributed by atoms with Crippen molar-refractivity contribution in [1.82, 2.24) is 9.88 Å². The van der Waals surface area contributed by atoms with E-state index in [1.807, 2.05) is 34.8 Å². The fourth-order valence-corrected chi connectivity index (χ4v) is 4.51. The van der Waals surface area contributed by atoms with Crippen molar-refractivity contribution in [3.63, 3.8) is 0 Å². The minimum Gasteiger partial charge on any atom is -0.342 e. The molecule has 1 aliphatic heterocycles. The van der Waals surface area contributed by atoms with E-state index < -0.39 is 0 Å². The topological polar surface area (TPSA) is 50.3 Å². The molecule has 3 heterocycles. The van der Waals surface area contributed by atoms with E-state index in [1.54, 1.807) is 11.3 Å². The quantitative estimate of drug-likeness (QED) is 0.776. The van der Waals surface area contributed by atoms with Crippen LogP contribution in [0.1, 0.15) is 39.5 Å². The predicted octanol–water partition coefficient (Wildman–Crippen LogP) is 3.57. The smallest absolute Gasteiger partial charge is 0.222 e. The van der Waals surface area contributed by atoms with E-state index in [4.69, 9.17) is 0 Å². The molecule has 1 unspecified atom stereocenters. The van der Waals surface area contributed by atoms with Crippen LogP contribution in [0.2, 0.25) is 0 Å². The van der Waals surface area contributed by atoms with Gasteiger partial charge < -0.3 is 4.90 Å². The molecule has 0 bridgehead atoms. The molecule has 1 atom stereocenters. The highest BCUT2D eigenvalue weighted by atomic mass is 32.1. The highest BCUT2D eigenvalue weighted by Crippen LogP contribution is 2.24. The Morgan fingerprint density at radius 3 is 2.96 bits per heavy atom. The van der Waals surface area contributed by atoms with Gasteiger partial charge in [0.15, 0.2) is 5.78 Å². The van der Waals surface area contributed by atoms with Crippen molar-refractivity contribution in [2.75, 3.05) is 13.1 Å². The molecule has 0 aliphatic carbocycles. The summed E-state index contributed by atoms with van der Waals surface area (Å²) in [4.78, 5) is 33.0. The number of rotatable bonds is 5. The molecule has 1 saturated heterocycles. The van der Waals surface area contributed by atoms with Gasteiger partial charge in [0.25, 0.3) is 0 Å². The summed E-state index contributed by atoms with van der Waals surface area (Å²) in [6.45, 7) is 3.32. The van der Waals surface area contributed by atoms with Gasteiger partial charge in [-0.25, -0.2) is 4.98 Å². The fourth-order valence-electron chi connectivity index (χ4n) is 2.98. The number of likely N-dealkylation sites (tertiary alicyclic amines) is 1. The molecular weight excluding hydrogens is 328 g/mol. The SMILES string of the molecule is Cc1ncsc1CCC(=O)N1CCCC(C(=O)c2cccs2)C1. The molecule has 1 aliphatic rings. The molecule has 0 N–H and O–H groups in total. The third-order valence-electron chi connectivity index (χ3n) is 4.32. The zero-order chi connectivity index (χ0) is 16.2. The summed E-state index contributed by atoms with van der Waals surface area (Å²) < 4.78 is 0. The van der Waals surface area contributed by atoms with E-state index in [2.05, 4.69) is 4.98 Å². The molecule has 0 aromatic carbocycles. The number of nitrogens with zero attached hydrogens (tertiary/aromatic N) is 2. The normalized spacial score (nSPS) is 18.1. The van der Waals surface area contributed by atoms with Crippen LogP contribution in [0, 0.1) is 12.8 Å². The maximum atomic E-state index is 12.5. The van der Waals surface area contributed by atoms with Gasteiger partial charge in [0.05, 0.1) is 16.1 Å². The Morgan fingerprint density at radius 2 is 2.26 bits per heavy atom. The summed E-state index contributed by atoms with van der Waals surface area (Å²) in [5.74, 6) is 0.300. The number of amides is 1. The average molecular weight is 348 g/mol. The molecule has 1 fully saturated rings. The van der Waals surface area contributed by atoms with Gasteiger partial charge in [-0.15, -0.1) is 22.7 Å². The number of aryl methyl sites for hydroxylation is 2. The van der Waals surface area contributed by atoms with Crippen LogP contribution in [0.4, 0.5) is 0 Å². The molecule has 0 saturated carbocycles. The van der Waals surface area contributed by atoms with Crippen molar-refractivity contribution in [1.29, 1.82) is 0 Å². The third-order valence-corrected chi connectivity index (χ3v) is 6.20. The molecular formula is C17H20N2O2S2. The highest BCUT2D eigenvalue weighted by Gasteiger charge is 2.29. The van der Waals surface area contributed by atoms with E-state index in [0.717, 1.165) is 36.4 Å². The standard InChI is InChI=1S/C17H20N2O2S2/c1-12-14(23-11-18-12)6-7-16(20)19-8-2-4-13(10-19)17(21)15-5-3-9-22-15/h3,5,9,11,13H,2,4,6-8,10H2,1H3. The van der Waals surface area contributed by atoms with Crippen molar-refractivity contribution in [3.05, 3.63) is 38.5 Å². The van der Waals surface area contributed by atoms with Crippen LogP contribution in [-0.4, -0.2) is 34.7 Å². The van der Waals surface area contributed by atoms with Gasteiger partial charge in [-0.1, -0.05) is 6.07 Å². The molecule has 0 radical (unpaired) electrons. The second kappa shape index (κ2) is 7.36. The molecule has 122 valence electrons. The van der Waals surface area contributed by atoms with E-state index in [1.165, 1.54) is 16.2 Å². The lowest BCUT2D eigenvalue weighted by atomic mass is 9.92. The number of ketones is 1. The van der Waals surface area contributed by atoms with Crippen molar-refractivity contribution in [2.24, 2.45) is 5.92 Å². The first-order chi connectivity index (χ1) is 11.1. The Morgan fingerprint density at radius 1 is 1.39 bits per heavy atom. The van der Waals surface area contributed by atoms with Crippen LogP contribution in [0.25, 0.3) is 0 Å². The van der Waals surface area contributed by atoms with Crippen LogP contribution in [0.3, 0.4) is 0 Å². The zero-order valence-electron chi connectivity index (χ0n) is 13.2. The second-order valence-corrected chi connectivity index (χ2v) is 7.77. The summed E-state index contributed by atoms with van der Waals surface area (Å²) in [6, 6.07) is 3.78. The van der Waals surface area contributed by atoms with Crippen molar-refractivity contribution in [2.45, 2.75) is 32.6 Å². The van der Waals surface area contributed by atoms with Gasteiger partial charge in [-0.3, -0.25) is 9.59 Å². The molecule has 1 amide bonds. The molecule has 3 rings (SSSR count). The summed E-state index contributed by atoms with van der Waals surface area (Å²) in [5.41, 5.74) is 2.85. The summed E-state index contributed by atoms with van der Waals surface area (Å²) >= 11 is 3.09. The first-order valence-corrected chi connectivity index (χ1v) is 9.65. The average Bonchev–Trinajstić information content (AvgIpc) is 3.24. The second-order valence-electron chi connectivity index (χ2n) is 5.88. The Labute approximate surface area is 144 Å². The van der Waals surface area contributed by atoms with Gasteiger partial charge in [-0.2, -0.15) is 0 Å². The summed E-state index contributed by atoms with van der Waals surface area (Å²) in [5, 5.41) is 1.93. The van der Waals surface area contributed by atoms with Crippen LogP contribution in [0.5, 0.6) is 0 Å². The number of Topliss-reactive ketones (excluding diaryl/α,β-unsaturated/α-hetero) is 1. The Bertz CT molecular complexity index is 679. The first kappa shape index (κ1) is 16.3. The molecule has 6 heteroatoms. The Kier molecular flexibility index (Phi) is 5.23. The Hall–Kier alpha value is -1.53. The number of hydrogen-bond acceptors (Lipinski definition) is 5.